The number of anilines is 1. The molecule has 0 aliphatic heterocycles. The van der Waals surface area contributed by atoms with Crippen molar-refractivity contribution in [1.29, 1.82) is 0 Å². The SMILES string of the molecule is CC(O/N=C/c1cccc(Cl)c1Cl)C(=O)Nc1ccc(C(N)=O)cc1. The molecule has 0 saturated heterocycles. The van der Waals surface area contributed by atoms with Crippen LogP contribution >= 0.6 is 23.2 Å². The molecule has 1 atom stereocenters. The van der Waals surface area contributed by atoms with Gasteiger partial charge in [-0.05, 0) is 37.3 Å². The van der Waals surface area contributed by atoms with Crippen molar-refractivity contribution in [3.63, 3.8) is 0 Å². The van der Waals surface area contributed by atoms with Crippen LogP contribution in [0.4, 0.5) is 5.69 Å². The van der Waals surface area contributed by atoms with Crippen LogP contribution in [-0.4, -0.2) is 24.1 Å². The number of nitrogens with one attached hydrogen (secondary N) is 1. The van der Waals surface area contributed by atoms with Gasteiger partial charge in [0.25, 0.3) is 5.91 Å². The number of benzene rings is 2. The smallest absolute Gasteiger partial charge is 0.267 e. The first-order chi connectivity index (χ1) is 11.9. The zero-order valence-corrected chi connectivity index (χ0v) is 14.7. The first-order valence-electron chi connectivity index (χ1n) is 7.22. The van der Waals surface area contributed by atoms with E-state index in [0.717, 1.165) is 0 Å². The summed E-state index contributed by atoms with van der Waals surface area (Å²) >= 11 is 11.9. The van der Waals surface area contributed by atoms with Crippen molar-refractivity contribution in [2.75, 3.05) is 5.32 Å². The van der Waals surface area contributed by atoms with E-state index in [0.29, 0.717) is 26.9 Å². The standard InChI is InChI=1S/C17H15Cl2N3O3/c1-10(25-21-9-12-3-2-4-14(18)15(12)19)17(24)22-13-7-5-11(6-8-13)16(20)23/h2-10H,1H3,(H2,20,23)(H,22,24)/b21-9+. The molecule has 2 rings (SSSR count). The Morgan fingerprint density at radius 1 is 1.20 bits per heavy atom. The molecule has 0 radical (unpaired) electrons. The number of carbonyl (C=O) groups excluding carboxylic acids is 2. The van der Waals surface area contributed by atoms with Gasteiger partial charge in [0.2, 0.25) is 12.0 Å². The Morgan fingerprint density at radius 3 is 2.52 bits per heavy atom. The molecule has 3 N–H and O–H groups in total. The van der Waals surface area contributed by atoms with Crippen molar-refractivity contribution in [3.05, 3.63) is 63.6 Å². The summed E-state index contributed by atoms with van der Waals surface area (Å²) < 4.78 is 0. The van der Waals surface area contributed by atoms with E-state index in [1.165, 1.54) is 18.3 Å². The van der Waals surface area contributed by atoms with Crippen molar-refractivity contribution >= 4 is 46.9 Å². The van der Waals surface area contributed by atoms with E-state index in [2.05, 4.69) is 10.5 Å². The number of rotatable bonds is 6. The normalized spacial score (nSPS) is 12.0. The fourth-order valence-corrected chi connectivity index (χ4v) is 2.16. The summed E-state index contributed by atoms with van der Waals surface area (Å²) in [5, 5.41) is 7.14. The van der Waals surface area contributed by atoms with Crippen LogP contribution in [-0.2, 0) is 9.63 Å². The molecular formula is C17H15Cl2N3O3. The molecule has 1 unspecified atom stereocenters. The zero-order chi connectivity index (χ0) is 18.4. The van der Waals surface area contributed by atoms with Crippen LogP contribution in [0.5, 0.6) is 0 Å². The van der Waals surface area contributed by atoms with Crippen molar-refractivity contribution in [2.45, 2.75) is 13.0 Å². The topological polar surface area (TPSA) is 93.8 Å². The van der Waals surface area contributed by atoms with Crippen LogP contribution in [0.25, 0.3) is 0 Å². The van der Waals surface area contributed by atoms with Gasteiger partial charge >= 0.3 is 0 Å². The fourth-order valence-electron chi connectivity index (χ4n) is 1.81. The number of primary amides is 1. The number of hydrogen-bond donors (Lipinski definition) is 2. The molecule has 8 heteroatoms. The van der Waals surface area contributed by atoms with Gasteiger partial charge in [0, 0.05) is 16.8 Å². The predicted octanol–water partition coefficient (Wildman–Crippen LogP) is 3.47. The van der Waals surface area contributed by atoms with Crippen molar-refractivity contribution in [2.24, 2.45) is 10.9 Å². The zero-order valence-electron chi connectivity index (χ0n) is 13.2. The van der Waals surface area contributed by atoms with Gasteiger partial charge < -0.3 is 15.9 Å². The third-order valence-electron chi connectivity index (χ3n) is 3.20. The van der Waals surface area contributed by atoms with Crippen molar-refractivity contribution < 1.29 is 14.4 Å². The molecule has 2 aromatic carbocycles. The highest BCUT2D eigenvalue weighted by Gasteiger charge is 2.14. The monoisotopic (exact) mass is 379 g/mol. The average molecular weight is 380 g/mol. The lowest BCUT2D eigenvalue weighted by molar-refractivity contribution is -0.126. The Morgan fingerprint density at radius 2 is 1.88 bits per heavy atom. The highest BCUT2D eigenvalue weighted by molar-refractivity contribution is 6.43. The lowest BCUT2D eigenvalue weighted by Gasteiger charge is -2.10. The van der Waals surface area contributed by atoms with Crippen molar-refractivity contribution in [3.8, 4) is 0 Å². The Bertz CT molecular complexity index is 807. The van der Waals surface area contributed by atoms with E-state index in [-0.39, 0.29) is 0 Å². The quantitative estimate of drug-likeness (QED) is 0.594. The summed E-state index contributed by atoms with van der Waals surface area (Å²) in [4.78, 5) is 28.2. The highest BCUT2D eigenvalue weighted by atomic mass is 35.5. The minimum absolute atomic E-state index is 0.350. The van der Waals surface area contributed by atoms with Crippen LogP contribution < -0.4 is 11.1 Å². The predicted molar refractivity (Wildman–Crippen MR) is 98.2 cm³/mol. The van der Waals surface area contributed by atoms with E-state index in [4.69, 9.17) is 33.8 Å². The Balaban J connectivity index is 1.92. The summed E-state index contributed by atoms with van der Waals surface area (Å²) in [5.41, 5.74) is 6.59. The maximum absolute atomic E-state index is 12.0. The molecule has 25 heavy (non-hydrogen) atoms. The number of halogens is 2. The molecule has 0 fully saturated rings. The molecule has 2 aromatic rings. The van der Waals surface area contributed by atoms with Gasteiger partial charge in [0.15, 0.2) is 0 Å². The van der Waals surface area contributed by atoms with E-state index in [9.17, 15) is 9.59 Å². The molecule has 0 aromatic heterocycles. The third-order valence-corrected chi connectivity index (χ3v) is 4.03. The number of nitrogens with zero attached hydrogens (tertiary/aromatic N) is 1. The summed E-state index contributed by atoms with van der Waals surface area (Å²) in [7, 11) is 0. The van der Waals surface area contributed by atoms with Crippen LogP contribution in [0.1, 0.15) is 22.8 Å². The summed E-state index contributed by atoms with van der Waals surface area (Å²) in [6.07, 6.45) is 0.532. The van der Waals surface area contributed by atoms with Crippen LogP contribution in [0.3, 0.4) is 0 Å². The van der Waals surface area contributed by atoms with Gasteiger partial charge in [-0.1, -0.05) is 40.5 Å². The Labute approximate surface area is 154 Å². The molecule has 0 spiro atoms. The number of oxime groups is 1. The minimum Gasteiger partial charge on any atom is -0.383 e. The number of nitrogens with two attached hydrogens (primary N) is 1. The molecule has 2 amide bonds. The molecule has 0 aliphatic rings. The summed E-state index contributed by atoms with van der Waals surface area (Å²) in [6.45, 7) is 1.55. The van der Waals surface area contributed by atoms with E-state index in [1.54, 1.807) is 37.3 Å². The number of carbonyl (C=O) groups is 2. The average Bonchev–Trinajstić information content (AvgIpc) is 2.59. The van der Waals surface area contributed by atoms with Gasteiger partial charge in [-0.2, -0.15) is 0 Å². The maximum atomic E-state index is 12.0. The lowest BCUT2D eigenvalue weighted by Crippen LogP contribution is -2.26. The van der Waals surface area contributed by atoms with E-state index in [1.807, 2.05) is 0 Å². The maximum Gasteiger partial charge on any atom is 0.267 e. The van der Waals surface area contributed by atoms with Gasteiger partial charge in [0.05, 0.1) is 16.3 Å². The number of hydrogen-bond acceptors (Lipinski definition) is 4. The molecule has 6 nitrogen and oxygen atoms in total. The molecule has 130 valence electrons. The number of amides is 2. The summed E-state index contributed by atoms with van der Waals surface area (Å²) in [5.74, 6) is -0.940. The highest BCUT2D eigenvalue weighted by Crippen LogP contribution is 2.24. The van der Waals surface area contributed by atoms with Crippen LogP contribution in [0, 0.1) is 0 Å². The molecule has 0 bridgehead atoms. The van der Waals surface area contributed by atoms with Gasteiger partial charge in [-0.3, -0.25) is 9.59 Å². The lowest BCUT2D eigenvalue weighted by atomic mass is 10.2. The molecular weight excluding hydrogens is 365 g/mol. The fraction of sp³-hybridized carbons (Fsp3) is 0.118. The van der Waals surface area contributed by atoms with Gasteiger partial charge in [-0.25, -0.2) is 0 Å². The third kappa shape index (κ3) is 5.20. The first-order valence-corrected chi connectivity index (χ1v) is 7.98. The Hall–Kier alpha value is -2.57. The van der Waals surface area contributed by atoms with E-state index >= 15 is 0 Å². The Kier molecular flexibility index (Phi) is 6.38. The second kappa shape index (κ2) is 8.50. The summed E-state index contributed by atoms with van der Waals surface area (Å²) in [6, 6.07) is 11.3. The van der Waals surface area contributed by atoms with E-state index < -0.39 is 17.9 Å². The van der Waals surface area contributed by atoms with Gasteiger partial charge in [-0.15, -0.1) is 0 Å². The van der Waals surface area contributed by atoms with Crippen molar-refractivity contribution in [1.82, 2.24) is 0 Å². The second-order valence-corrected chi connectivity index (χ2v) is 5.84. The first kappa shape index (κ1) is 18.8. The van der Waals surface area contributed by atoms with Gasteiger partial charge in [0.1, 0.15) is 0 Å². The van der Waals surface area contributed by atoms with Crippen LogP contribution in [0.2, 0.25) is 10.0 Å². The van der Waals surface area contributed by atoms with Crippen LogP contribution in [0.15, 0.2) is 47.6 Å². The largest absolute Gasteiger partial charge is 0.383 e. The second-order valence-electron chi connectivity index (χ2n) is 5.06. The molecule has 0 aliphatic carbocycles. The molecule has 0 heterocycles. The molecule has 0 saturated carbocycles. The minimum atomic E-state index is -0.843.